The van der Waals surface area contributed by atoms with Crippen LogP contribution in [0.3, 0.4) is 0 Å². The van der Waals surface area contributed by atoms with Crippen LogP contribution in [0.15, 0.2) is 133 Å². The molecule has 2 aromatic heterocycles. The molecule has 4 aromatic carbocycles. The maximum Gasteiger partial charge on any atom is 0.418 e. The number of halogens is 4. The highest BCUT2D eigenvalue weighted by Gasteiger charge is 2.41. The number of nitrogens with one attached hydrogen (secondary N) is 1. The van der Waals surface area contributed by atoms with Crippen LogP contribution in [-0.2, 0) is 18.3 Å². The van der Waals surface area contributed by atoms with E-state index < -0.39 is 17.3 Å². The number of rotatable bonds is 7. The fourth-order valence-electron chi connectivity index (χ4n) is 7.29. The van der Waals surface area contributed by atoms with Gasteiger partial charge in [0, 0.05) is 11.8 Å². The van der Waals surface area contributed by atoms with E-state index in [0.29, 0.717) is 23.6 Å². The standard InChI is InChI=1S/C40H31ClF3N7O/c1-25-19-32(45)49-36(34(25)40(42,43)44)30-20-31-33-37(35(30)41)47-23-48-38(33)50(17-18-52-31)22-29-21-46-24-51(29)39(26-11-5-2-6-12-26,27-13-7-3-8-14-27)28-15-9-4-10-16-28/h2-21,24,47H,22-23H2,1H3,(H2,45,49). The third kappa shape index (κ3) is 5.45. The van der Waals surface area contributed by atoms with Crippen LogP contribution in [0.25, 0.3) is 11.3 Å². The van der Waals surface area contributed by atoms with Crippen LogP contribution < -0.4 is 15.8 Å². The fraction of sp³-hybridized carbons (Fsp3) is 0.125. The normalized spacial score (nSPS) is 13.9. The van der Waals surface area contributed by atoms with Crippen molar-refractivity contribution >= 4 is 28.9 Å². The highest BCUT2D eigenvalue weighted by molar-refractivity contribution is 6.37. The van der Waals surface area contributed by atoms with Crippen LogP contribution in [0.1, 0.15) is 39.1 Å². The molecule has 0 saturated carbocycles. The van der Waals surface area contributed by atoms with E-state index >= 15 is 0 Å². The number of aryl methyl sites for hydroxylation is 1. The lowest BCUT2D eigenvalue weighted by molar-refractivity contribution is -0.137. The molecule has 3 N–H and O–H groups in total. The summed E-state index contributed by atoms with van der Waals surface area (Å²) < 4.78 is 51.4. The van der Waals surface area contributed by atoms with Crippen molar-refractivity contribution in [2.45, 2.75) is 25.2 Å². The topological polar surface area (TPSA) is 93.6 Å². The second-order valence-electron chi connectivity index (χ2n) is 12.5. The molecule has 0 amide bonds. The smallest absolute Gasteiger partial charge is 0.418 e. The van der Waals surface area contributed by atoms with Crippen LogP contribution in [0.4, 0.5) is 24.7 Å². The summed E-state index contributed by atoms with van der Waals surface area (Å²) in [5.74, 6) is 0.725. The molecule has 0 radical (unpaired) electrons. The van der Waals surface area contributed by atoms with Crippen molar-refractivity contribution in [1.82, 2.24) is 19.4 Å². The Kier molecular flexibility index (Phi) is 8.22. The molecule has 0 bridgehead atoms. The summed E-state index contributed by atoms with van der Waals surface area (Å²) in [4.78, 5) is 15.5. The summed E-state index contributed by atoms with van der Waals surface area (Å²) in [5.41, 5.74) is 8.66. The van der Waals surface area contributed by atoms with Crippen molar-refractivity contribution in [2.75, 3.05) is 17.7 Å². The molecule has 8 nitrogen and oxygen atoms in total. The number of pyridine rings is 1. The van der Waals surface area contributed by atoms with Gasteiger partial charge in [-0.05, 0) is 41.3 Å². The van der Waals surface area contributed by atoms with Gasteiger partial charge in [0.15, 0.2) is 0 Å². The zero-order chi connectivity index (χ0) is 36.0. The molecule has 0 spiro atoms. The first-order valence-electron chi connectivity index (χ1n) is 16.5. The first-order valence-corrected chi connectivity index (χ1v) is 16.8. The summed E-state index contributed by atoms with van der Waals surface area (Å²) in [6, 6.07) is 33.5. The summed E-state index contributed by atoms with van der Waals surface area (Å²) in [5, 5.41) is 3.21. The van der Waals surface area contributed by atoms with Crippen LogP contribution in [-0.4, -0.2) is 31.9 Å². The van der Waals surface area contributed by atoms with Gasteiger partial charge in [-0.1, -0.05) is 103 Å². The van der Waals surface area contributed by atoms with E-state index in [9.17, 15) is 13.2 Å². The second kappa shape index (κ2) is 12.9. The third-order valence-corrected chi connectivity index (χ3v) is 9.80. The number of nitrogens with two attached hydrogens (primary N) is 1. The highest BCUT2D eigenvalue weighted by atomic mass is 35.5. The Bertz CT molecular complexity index is 2250. The minimum absolute atomic E-state index is 0.0326. The van der Waals surface area contributed by atoms with Crippen molar-refractivity contribution in [3.8, 4) is 17.0 Å². The number of amidine groups is 1. The van der Waals surface area contributed by atoms with Crippen LogP contribution >= 0.6 is 11.6 Å². The number of hydrogen-bond donors (Lipinski definition) is 2. The van der Waals surface area contributed by atoms with Gasteiger partial charge >= 0.3 is 6.18 Å². The van der Waals surface area contributed by atoms with E-state index in [-0.39, 0.29) is 40.1 Å². The van der Waals surface area contributed by atoms with E-state index in [4.69, 9.17) is 27.1 Å². The van der Waals surface area contributed by atoms with Gasteiger partial charge in [-0.25, -0.2) is 15.0 Å². The quantitative estimate of drug-likeness (QED) is 0.160. The van der Waals surface area contributed by atoms with Gasteiger partial charge in [-0.2, -0.15) is 13.2 Å². The van der Waals surface area contributed by atoms with Crippen molar-refractivity contribution in [1.29, 1.82) is 0 Å². The molecule has 12 heteroatoms. The van der Waals surface area contributed by atoms with Gasteiger partial charge in [0.2, 0.25) is 0 Å². The number of anilines is 2. The van der Waals surface area contributed by atoms with Gasteiger partial charge in [-0.15, -0.1) is 0 Å². The molecule has 4 heterocycles. The number of alkyl halides is 3. The number of hydrogen-bond acceptors (Lipinski definition) is 7. The predicted octanol–water partition coefficient (Wildman–Crippen LogP) is 8.84. The summed E-state index contributed by atoms with van der Waals surface area (Å²) in [6.07, 6.45) is 2.19. The highest BCUT2D eigenvalue weighted by Crippen LogP contribution is 2.48. The fourth-order valence-corrected chi connectivity index (χ4v) is 7.60. The molecule has 0 fully saturated rings. The van der Waals surface area contributed by atoms with Crippen molar-refractivity contribution in [2.24, 2.45) is 4.99 Å². The molecule has 2 aliphatic heterocycles. The second-order valence-corrected chi connectivity index (χ2v) is 12.9. The van der Waals surface area contributed by atoms with Crippen molar-refractivity contribution in [3.63, 3.8) is 0 Å². The minimum Gasteiger partial charge on any atom is -0.463 e. The molecular weight excluding hydrogens is 687 g/mol. The Morgan fingerprint density at radius 1 is 0.904 bits per heavy atom. The number of nitrogens with zero attached hydrogens (tertiary/aromatic N) is 5. The Morgan fingerprint density at radius 2 is 1.52 bits per heavy atom. The van der Waals surface area contributed by atoms with E-state index in [0.717, 1.165) is 22.4 Å². The summed E-state index contributed by atoms with van der Waals surface area (Å²) in [6.45, 7) is 1.77. The lowest BCUT2D eigenvalue weighted by Crippen LogP contribution is -2.39. The molecule has 6 aromatic rings. The number of aromatic nitrogens is 3. The summed E-state index contributed by atoms with van der Waals surface area (Å²) in [7, 11) is 0. The number of benzene rings is 4. The van der Waals surface area contributed by atoms with Gasteiger partial charge in [-0.3, -0.25) is 0 Å². The molecule has 0 unspecified atom stereocenters. The van der Waals surface area contributed by atoms with E-state index in [1.807, 2.05) is 72.0 Å². The zero-order valence-corrected chi connectivity index (χ0v) is 28.5. The summed E-state index contributed by atoms with van der Waals surface area (Å²) >= 11 is 6.96. The number of imidazole rings is 1. The molecule has 0 saturated heterocycles. The Morgan fingerprint density at radius 3 is 2.12 bits per heavy atom. The molecule has 0 aliphatic carbocycles. The molecule has 0 atom stereocenters. The van der Waals surface area contributed by atoms with Gasteiger partial charge in [0.1, 0.15) is 35.9 Å². The van der Waals surface area contributed by atoms with E-state index in [1.54, 1.807) is 6.20 Å². The van der Waals surface area contributed by atoms with Crippen LogP contribution in [0.5, 0.6) is 5.75 Å². The largest absolute Gasteiger partial charge is 0.463 e. The Labute approximate surface area is 302 Å². The third-order valence-electron chi connectivity index (χ3n) is 9.40. The number of aliphatic imine (C=N–C) groups is 1. The predicted molar refractivity (Wildman–Crippen MR) is 196 cm³/mol. The molecule has 8 rings (SSSR count). The van der Waals surface area contributed by atoms with Gasteiger partial charge in [0.25, 0.3) is 0 Å². The molecule has 52 heavy (non-hydrogen) atoms. The average molecular weight is 718 g/mol. The Hall–Kier alpha value is -6.07. The lowest BCUT2D eigenvalue weighted by atomic mass is 9.76. The first-order chi connectivity index (χ1) is 25.2. The number of nitrogen functional groups attached to an aromatic ring is 1. The van der Waals surface area contributed by atoms with E-state index in [1.165, 1.54) is 25.3 Å². The van der Waals surface area contributed by atoms with Crippen molar-refractivity contribution in [3.05, 3.63) is 172 Å². The zero-order valence-electron chi connectivity index (χ0n) is 27.8. The first kappa shape index (κ1) is 33.1. The van der Waals surface area contributed by atoms with Crippen LogP contribution in [0, 0.1) is 6.92 Å². The lowest BCUT2D eigenvalue weighted by Gasteiger charge is -2.39. The SMILES string of the molecule is Cc1cc(N)nc(-c2cc3c4c(c2Cl)NCN=C4N(Cc2cncn2C(c2ccccc2)(c2ccccc2)c2ccccc2)C=CO3)c1C(F)(F)F. The van der Waals surface area contributed by atoms with Gasteiger partial charge < -0.3 is 25.3 Å². The Balaban J connectivity index is 1.26. The average Bonchev–Trinajstić information content (AvgIpc) is 3.53. The maximum absolute atomic E-state index is 14.4. The monoisotopic (exact) mass is 717 g/mol. The van der Waals surface area contributed by atoms with Gasteiger partial charge in [0.05, 0.1) is 52.3 Å². The van der Waals surface area contributed by atoms with Crippen molar-refractivity contribution < 1.29 is 17.9 Å². The minimum atomic E-state index is -4.71. The molecule has 2 aliphatic rings. The maximum atomic E-state index is 14.4. The van der Waals surface area contributed by atoms with E-state index in [2.05, 4.69) is 56.3 Å². The molecule has 260 valence electrons. The number of ether oxygens (including phenoxy) is 1. The van der Waals surface area contributed by atoms with Crippen LogP contribution in [0.2, 0.25) is 5.02 Å². The molecular formula is C40H31ClF3N7O.